The standard InChI is InChI=1S/C16H23FN2O3.ClH/c1-21-11-16(6-8-18-9-7-16)10-19-15(20)14-12(17)4-3-5-13(14)22-2;/h3-5,18H,6-11H2,1-2H3,(H,19,20);1H. The van der Waals surface area contributed by atoms with Gasteiger partial charge in [0.2, 0.25) is 0 Å². The lowest BCUT2D eigenvalue weighted by atomic mass is 9.79. The maximum atomic E-state index is 13.9. The quantitative estimate of drug-likeness (QED) is 0.827. The second-order valence-electron chi connectivity index (χ2n) is 5.68. The van der Waals surface area contributed by atoms with Crippen molar-refractivity contribution in [3.05, 3.63) is 29.6 Å². The molecule has 1 aromatic carbocycles. The van der Waals surface area contributed by atoms with E-state index in [-0.39, 0.29) is 29.1 Å². The van der Waals surface area contributed by atoms with Gasteiger partial charge in [-0.25, -0.2) is 4.39 Å². The van der Waals surface area contributed by atoms with Gasteiger partial charge < -0.3 is 20.1 Å². The van der Waals surface area contributed by atoms with Gasteiger partial charge >= 0.3 is 0 Å². The first-order valence-corrected chi connectivity index (χ1v) is 7.42. The molecule has 1 aliphatic heterocycles. The average Bonchev–Trinajstić information content (AvgIpc) is 2.53. The molecule has 2 rings (SSSR count). The number of hydrogen-bond acceptors (Lipinski definition) is 4. The van der Waals surface area contributed by atoms with E-state index in [9.17, 15) is 9.18 Å². The van der Waals surface area contributed by atoms with Crippen LogP contribution in [0.15, 0.2) is 18.2 Å². The summed E-state index contributed by atoms with van der Waals surface area (Å²) in [4.78, 5) is 12.3. The fourth-order valence-electron chi connectivity index (χ4n) is 2.89. The Morgan fingerprint density at radius 2 is 2.04 bits per heavy atom. The lowest BCUT2D eigenvalue weighted by Gasteiger charge is -2.37. The van der Waals surface area contributed by atoms with Crippen LogP contribution in [-0.4, -0.2) is 46.4 Å². The molecule has 0 aromatic heterocycles. The zero-order chi connectivity index (χ0) is 16.0. The molecule has 1 heterocycles. The van der Waals surface area contributed by atoms with Crippen molar-refractivity contribution in [2.24, 2.45) is 5.41 Å². The van der Waals surface area contributed by atoms with Gasteiger partial charge in [0.1, 0.15) is 17.1 Å². The molecule has 0 spiro atoms. The van der Waals surface area contributed by atoms with Crippen molar-refractivity contribution < 1.29 is 18.7 Å². The molecule has 0 aliphatic carbocycles. The van der Waals surface area contributed by atoms with Gasteiger partial charge in [-0.1, -0.05) is 6.07 Å². The third-order valence-corrected chi connectivity index (χ3v) is 4.16. The largest absolute Gasteiger partial charge is 0.496 e. The van der Waals surface area contributed by atoms with E-state index in [1.807, 2.05) is 0 Å². The van der Waals surface area contributed by atoms with Crippen molar-refractivity contribution in [3.8, 4) is 5.75 Å². The van der Waals surface area contributed by atoms with Gasteiger partial charge in [-0.15, -0.1) is 12.4 Å². The molecule has 2 N–H and O–H groups in total. The van der Waals surface area contributed by atoms with E-state index in [0.717, 1.165) is 25.9 Å². The molecule has 1 aromatic rings. The Bertz CT molecular complexity index is 517. The Labute approximate surface area is 142 Å². The molecule has 1 fully saturated rings. The van der Waals surface area contributed by atoms with E-state index < -0.39 is 11.7 Å². The van der Waals surface area contributed by atoms with Crippen LogP contribution in [0.2, 0.25) is 0 Å². The average molecular weight is 347 g/mol. The number of amides is 1. The molecular weight excluding hydrogens is 323 g/mol. The molecule has 0 radical (unpaired) electrons. The summed E-state index contributed by atoms with van der Waals surface area (Å²) in [7, 11) is 3.08. The topological polar surface area (TPSA) is 59.6 Å². The molecular formula is C16H24ClFN2O3. The fraction of sp³-hybridized carbons (Fsp3) is 0.562. The first-order chi connectivity index (χ1) is 10.6. The van der Waals surface area contributed by atoms with Gasteiger partial charge in [0.05, 0.1) is 13.7 Å². The third-order valence-electron chi connectivity index (χ3n) is 4.16. The highest BCUT2D eigenvalue weighted by molar-refractivity contribution is 5.97. The molecule has 1 amide bonds. The molecule has 1 saturated heterocycles. The van der Waals surface area contributed by atoms with Crippen LogP contribution in [0.4, 0.5) is 4.39 Å². The summed E-state index contributed by atoms with van der Waals surface area (Å²) in [5, 5.41) is 6.14. The Morgan fingerprint density at radius 1 is 1.35 bits per heavy atom. The highest BCUT2D eigenvalue weighted by Gasteiger charge is 2.33. The van der Waals surface area contributed by atoms with Crippen LogP contribution in [0.3, 0.4) is 0 Å². The van der Waals surface area contributed by atoms with Gasteiger partial charge in [0, 0.05) is 19.1 Å². The minimum Gasteiger partial charge on any atom is -0.496 e. The number of benzene rings is 1. The molecule has 1 aliphatic rings. The van der Waals surface area contributed by atoms with Crippen molar-refractivity contribution in [2.45, 2.75) is 12.8 Å². The smallest absolute Gasteiger partial charge is 0.258 e. The number of rotatable bonds is 6. The van der Waals surface area contributed by atoms with E-state index in [2.05, 4.69) is 10.6 Å². The fourth-order valence-corrected chi connectivity index (χ4v) is 2.89. The van der Waals surface area contributed by atoms with Gasteiger partial charge in [-0.3, -0.25) is 4.79 Å². The number of carbonyl (C=O) groups is 1. The van der Waals surface area contributed by atoms with Crippen molar-refractivity contribution in [1.82, 2.24) is 10.6 Å². The SMILES string of the molecule is COCC1(CNC(=O)c2c(F)cccc2OC)CCNCC1.Cl. The van der Waals surface area contributed by atoms with Gasteiger partial charge in [-0.05, 0) is 38.1 Å². The third kappa shape index (κ3) is 4.80. The highest BCUT2D eigenvalue weighted by Crippen LogP contribution is 2.29. The zero-order valence-corrected chi connectivity index (χ0v) is 14.3. The van der Waals surface area contributed by atoms with Gasteiger partial charge in [-0.2, -0.15) is 0 Å². The maximum absolute atomic E-state index is 13.9. The zero-order valence-electron chi connectivity index (χ0n) is 13.5. The molecule has 0 atom stereocenters. The van der Waals surface area contributed by atoms with E-state index >= 15 is 0 Å². The Morgan fingerprint density at radius 3 is 2.65 bits per heavy atom. The van der Waals surface area contributed by atoms with E-state index in [0.29, 0.717) is 13.2 Å². The number of hydrogen-bond donors (Lipinski definition) is 2. The van der Waals surface area contributed by atoms with Crippen LogP contribution >= 0.6 is 12.4 Å². The summed E-state index contributed by atoms with van der Waals surface area (Å²) in [5.74, 6) is -0.796. The summed E-state index contributed by atoms with van der Waals surface area (Å²) in [6, 6.07) is 4.35. The number of methoxy groups -OCH3 is 2. The normalized spacial score (nSPS) is 16.3. The van der Waals surface area contributed by atoms with E-state index in [1.165, 1.54) is 19.2 Å². The monoisotopic (exact) mass is 346 g/mol. The van der Waals surface area contributed by atoms with Crippen LogP contribution in [-0.2, 0) is 4.74 Å². The van der Waals surface area contributed by atoms with Gasteiger partial charge in [0.15, 0.2) is 0 Å². The molecule has 5 nitrogen and oxygen atoms in total. The number of ether oxygens (including phenoxy) is 2. The molecule has 0 saturated carbocycles. The van der Waals surface area contributed by atoms with Gasteiger partial charge in [0.25, 0.3) is 5.91 Å². The Kier molecular flexibility index (Phi) is 7.75. The lowest BCUT2D eigenvalue weighted by Crippen LogP contribution is -2.47. The predicted octanol–water partition coefficient (Wildman–Crippen LogP) is 2.00. The number of piperidine rings is 1. The van der Waals surface area contributed by atoms with Crippen LogP contribution in [0.1, 0.15) is 23.2 Å². The van der Waals surface area contributed by atoms with Crippen molar-refractivity contribution in [2.75, 3.05) is 40.5 Å². The number of nitrogens with one attached hydrogen (secondary N) is 2. The molecule has 0 unspecified atom stereocenters. The summed E-state index contributed by atoms with van der Waals surface area (Å²) in [5.41, 5.74) is -0.153. The second-order valence-corrected chi connectivity index (χ2v) is 5.68. The van der Waals surface area contributed by atoms with Crippen molar-refractivity contribution >= 4 is 18.3 Å². The summed E-state index contributed by atoms with van der Waals surface area (Å²) < 4.78 is 24.3. The minimum absolute atomic E-state index is 0. The molecule has 7 heteroatoms. The number of halogens is 2. The minimum atomic E-state index is -0.581. The maximum Gasteiger partial charge on any atom is 0.258 e. The predicted molar refractivity (Wildman–Crippen MR) is 88.9 cm³/mol. The van der Waals surface area contributed by atoms with E-state index in [4.69, 9.17) is 9.47 Å². The van der Waals surface area contributed by atoms with Crippen LogP contribution in [0, 0.1) is 11.2 Å². The van der Waals surface area contributed by atoms with Crippen LogP contribution in [0.25, 0.3) is 0 Å². The molecule has 0 bridgehead atoms. The Hall–Kier alpha value is -1.37. The summed E-state index contributed by atoms with van der Waals surface area (Å²) in [6.07, 6.45) is 1.82. The van der Waals surface area contributed by atoms with E-state index in [1.54, 1.807) is 13.2 Å². The first kappa shape index (κ1) is 19.7. The van der Waals surface area contributed by atoms with Crippen LogP contribution < -0.4 is 15.4 Å². The second kappa shape index (κ2) is 9.05. The summed E-state index contributed by atoms with van der Waals surface area (Å²) in [6.45, 7) is 2.81. The Balaban J connectivity index is 0.00000264. The van der Waals surface area contributed by atoms with Crippen LogP contribution in [0.5, 0.6) is 5.75 Å². The lowest BCUT2D eigenvalue weighted by molar-refractivity contribution is 0.0510. The molecule has 23 heavy (non-hydrogen) atoms. The van der Waals surface area contributed by atoms with Crippen molar-refractivity contribution in [3.63, 3.8) is 0 Å². The molecule has 130 valence electrons. The summed E-state index contributed by atoms with van der Waals surface area (Å²) >= 11 is 0. The highest BCUT2D eigenvalue weighted by atomic mass is 35.5. The van der Waals surface area contributed by atoms with Crippen molar-refractivity contribution in [1.29, 1.82) is 0 Å². The first-order valence-electron chi connectivity index (χ1n) is 7.42. The number of carbonyl (C=O) groups excluding carboxylic acids is 1.